The Morgan fingerprint density at radius 3 is 1.44 bits per heavy atom. The third kappa shape index (κ3) is 3.73. The second kappa shape index (κ2) is 6.92. The summed E-state index contributed by atoms with van der Waals surface area (Å²) in [5, 5.41) is 0. The molecule has 0 unspecified atom stereocenters. The molecule has 0 atom stereocenters. The topological polar surface area (TPSA) is 15.8 Å². The summed E-state index contributed by atoms with van der Waals surface area (Å²) in [4.78, 5) is 3.56. The Bertz CT molecular complexity index is 1010. The van der Waals surface area contributed by atoms with E-state index in [0.29, 0.717) is 0 Å². The molecule has 27 heavy (non-hydrogen) atoms. The van der Waals surface area contributed by atoms with Crippen LogP contribution in [0.3, 0.4) is 0 Å². The fourth-order valence-electron chi connectivity index (χ4n) is 3.35. The van der Waals surface area contributed by atoms with E-state index >= 15 is 0 Å². The molecule has 4 aromatic rings. The van der Waals surface area contributed by atoms with E-state index in [4.69, 9.17) is 0 Å². The molecular formula is C26H25N. The van der Waals surface area contributed by atoms with Crippen molar-refractivity contribution in [3.63, 3.8) is 0 Å². The van der Waals surface area contributed by atoms with Crippen LogP contribution in [0, 0.1) is 0 Å². The van der Waals surface area contributed by atoms with Crippen LogP contribution >= 0.6 is 0 Å². The summed E-state index contributed by atoms with van der Waals surface area (Å²) in [7, 11) is 0. The largest absolute Gasteiger partial charge is 0.355 e. The van der Waals surface area contributed by atoms with Crippen molar-refractivity contribution >= 4 is 0 Å². The molecule has 1 heteroatoms. The highest BCUT2D eigenvalue weighted by Gasteiger charge is 2.13. The Morgan fingerprint density at radius 2 is 0.926 bits per heavy atom. The van der Waals surface area contributed by atoms with Crippen LogP contribution in [0.5, 0.6) is 0 Å². The molecule has 0 spiro atoms. The predicted octanol–water partition coefficient (Wildman–Crippen LogP) is 7.31. The number of hydrogen-bond donors (Lipinski definition) is 1. The fraction of sp³-hybridized carbons (Fsp3) is 0.154. The van der Waals surface area contributed by atoms with Crippen LogP contribution in [0.25, 0.3) is 33.6 Å². The van der Waals surface area contributed by atoms with Gasteiger partial charge in [-0.2, -0.15) is 0 Å². The lowest BCUT2D eigenvalue weighted by molar-refractivity contribution is 0.590. The maximum Gasteiger partial charge on any atom is 0.0458 e. The maximum atomic E-state index is 3.56. The summed E-state index contributed by atoms with van der Waals surface area (Å²) in [5.41, 5.74) is 8.73. The smallest absolute Gasteiger partial charge is 0.0458 e. The lowest BCUT2D eigenvalue weighted by Crippen LogP contribution is -2.10. The zero-order valence-corrected chi connectivity index (χ0v) is 16.2. The molecule has 1 nitrogen and oxygen atoms in total. The minimum absolute atomic E-state index is 0.180. The van der Waals surface area contributed by atoms with Gasteiger partial charge in [0.25, 0.3) is 0 Å². The van der Waals surface area contributed by atoms with Crippen molar-refractivity contribution in [3.05, 3.63) is 96.6 Å². The molecule has 3 aromatic carbocycles. The molecule has 0 aliphatic carbocycles. The SMILES string of the molecule is CC(C)(C)c1ccc(-c2ccc(-c3ccc(-c4ccccc4)cc3)[nH]2)cc1. The highest BCUT2D eigenvalue weighted by molar-refractivity contribution is 5.72. The number of aromatic nitrogens is 1. The third-order valence-corrected chi connectivity index (χ3v) is 5.05. The van der Waals surface area contributed by atoms with Crippen molar-refractivity contribution in [1.82, 2.24) is 4.98 Å². The van der Waals surface area contributed by atoms with Gasteiger partial charge in [0.05, 0.1) is 0 Å². The lowest BCUT2D eigenvalue weighted by Gasteiger charge is -2.19. The van der Waals surface area contributed by atoms with E-state index in [0.717, 1.165) is 11.4 Å². The Kier molecular flexibility index (Phi) is 4.45. The van der Waals surface area contributed by atoms with E-state index in [1.807, 2.05) is 6.07 Å². The average Bonchev–Trinajstić information content (AvgIpc) is 3.18. The van der Waals surface area contributed by atoms with Crippen LogP contribution in [0.4, 0.5) is 0 Å². The Hall–Kier alpha value is -3.06. The van der Waals surface area contributed by atoms with Crippen molar-refractivity contribution in [1.29, 1.82) is 0 Å². The van der Waals surface area contributed by atoms with E-state index in [9.17, 15) is 0 Å². The number of aromatic amines is 1. The minimum atomic E-state index is 0.180. The first-order chi connectivity index (χ1) is 13.0. The van der Waals surface area contributed by atoms with Gasteiger partial charge in [-0.3, -0.25) is 0 Å². The van der Waals surface area contributed by atoms with Gasteiger partial charge < -0.3 is 4.98 Å². The predicted molar refractivity (Wildman–Crippen MR) is 116 cm³/mol. The molecule has 0 fully saturated rings. The van der Waals surface area contributed by atoms with Crippen molar-refractivity contribution in [2.75, 3.05) is 0 Å². The molecule has 4 rings (SSSR count). The fourth-order valence-corrected chi connectivity index (χ4v) is 3.35. The van der Waals surface area contributed by atoms with Gasteiger partial charge in [-0.25, -0.2) is 0 Å². The van der Waals surface area contributed by atoms with E-state index in [1.54, 1.807) is 0 Å². The van der Waals surface area contributed by atoms with Gasteiger partial charge in [0.15, 0.2) is 0 Å². The number of nitrogens with one attached hydrogen (secondary N) is 1. The molecule has 0 saturated carbocycles. The Morgan fingerprint density at radius 1 is 0.481 bits per heavy atom. The van der Waals surface area contributed by atoms with Crippen molar-refractivity contribution in [3.8, 4) is 33.6 Å². The summed E-state index contributed by atoms with van der Waals surface area (Å²) in [6.07, 6.45) is 0. The number of benzene rings is 3. The Balaban J connectivity index is 1.57. The first-order valence-corrected chi connectivity index (χ1v) is 9.46. The third-order valence-electron chi connectivity index (χ3n) is 5.05. The molecule has 0 aliphatic heterocycles. The van der Waals surface area contributed by atoms with Gasteiger partial charge in [0, 0.05) is 11.4 Å². The zero-order valence-electron chi connectivity index (χ0n) is 16.2. The molecule has 0 aliphatic rings. The van der Waals surface area contributed by atoms with Crippen molar-refractivity contribution in [2.45, 2.75) is 26.2 Å². The molecule has 0 bridgehead atoms. The van der Waals surface area contributed by atoms with Crippen LogP contribution in [-0.2, 0) is 5.41 Å². The molecule has 0 radical (unpaired) electrons. The summed E-state index contributed by atoms with van der Waals surface area (Å²) in [5.74, 6) is 0. The molecule has 1 heterocycles. The van der Waals surface area contributed by atoms with E-state index in [-0.39, 0.29) is 5.41 Å². The molecular weight excluding hydrogens is 326 g/mol. The first kappa shape index (κ1) is 17.4. The second-order valence-electron chi connectivity index (χ2n) is 8.06. The number of hydrogen-bond acceptors (Lipinski definition) is 0. The second-order valence-corrected chi connectivity index (χ2v) is 8.06. The van der Waals surface area contributed by atoms with Crippen molar-refractivity contribution < 1.29 is 0 Å². The van der Waals surface area contributed by atoms with Crippen molar-refractivity contribution in [2.24, 2.45) is 0 Å². The number of rotatable bonds is 3. The van der Waals surface area contributed by atoms with Crippen LogP contribution in [-0.4, -0.2) is 4.98 Å². The Labute approximate surface area is 161 Å². The van der Waals surface area contributed by atoms with E-state index in [2.05, 4.69) is 111 Å². The van der Waals surface area contributed by atoms with Gasteiger partial charge in [0.1, 0.15) is 0 Å². The number of H-pyrrole nitrogens is 1. The summed E-state index contributed by atoms with van der Waals surface area (Å²) < 4.78 is 0. The van der Waals surface area contributed by atoms with Gasteiger partial charge in [-0.05, 0) is 45.4 Å². The monoisotopic (exact) mass is 351 g/mol. The zero-order chi connectivity index (χ0) is 18.9. The molecule has 134 valence electrons. The molecule has 0 amide bonds. The molecule has 0 saturated heterocycles. The maximum absolute atomic E-state index is 3.56. The summed E-state index contributed by atoms with van der Waals surface area (Å²) >= 11 is 0. The van der Waals surface area contributed by atoms with Crippen LogP contribution in [0.1, 0.15) is 26.3 Å². The standard InChI is InChI=1S/C26H25N/c1-26(2,3)23-15-13-22(14-16-23)25-18-17-24(27-25)21-11-9-20(10-12-21)19-7-5-4-6-8-19/h4-18,27H,1-3H3. The normalized spacial score (nSPS) is 11.5. The summed E-state index contributed by atoms with van der Waals surface area (Å²) in [6, 6.07) is 32.4. The minimum Gasteiger partial charge on any atom is -0.355 e. The quantitative estimate of drug-likeness (QED) is 0.398. The lowest BCUT2D eigenvalue weighted by atomic mass is 9.86. The van der Waals surface area contributed by atoms with Gasteiger partial charge in [-0.15, -0.1) is 0 Å². The summed E-state index contributed by atoms with van der Waals surface area (Å²) in [6.45, 7) is 6.73. The highest BCUT2D eigenvalue weighted by Crippen LogP contribution is 2.29. The van der Waals surface area contributed by atoms with Crippen LogP contribution in [0.15, 0.2) is 91.0 Å². The molecule has 1 aromatic heterocycles. The van der Waals surface area contributed by atoms with Crippen LogP contribution in [0.2, 0.25) is 0 Å². The van der Waals surface area contributed by atoms with Gasteiger partial charge in [0.2, 0.25) is 0 Å². The van der Waals surface area contributed by atoms with Gasteiger partial charge in [-0.1, -0.05) is 99.6 Å². The first-order valence-electron chi connectivity index (χ1n) is 9.46. The van der Waals surface area contributed by atoms with E-state index < -0.39 is 0 Å². The highest BCUT2D eigenvalue weighted by atomic mass is 14.7. The van der Waals surface area contributed by atoms with Crippen LogP contribution < -0.4 is 0 Å². The van der Waals surface area contributed by atoms with Gasteiger partial charge >= 0.3 is 0 Å². The van der Waals surface area contributed by atoms with E-state index in [1.165, 1.54) is 27.8 Å². The molecule has 1 N–H and O–H groups in total. The average molecular weight is 351 g/mol.